The molecule has 20 heavy (non-hydrogen) atoms. The highest BCUT2D eigenvalue weighted by atomic mass is 35.5. The summed E-state index contributed by atoms with van der Waals surface area (Å²) in [6.07, 6.45) is 0.316. The zero-order valence-corrected chi connectivity index (χ0v) is 11.3. The lowest BCUT2D eigenvalue weighted by molar-refractivity contribution is -0.385. The summed E-state index contributed by atoms with van der Waals surface area (Å²) in [4.78, 5) is 23.3. The van der Waals surface area contributed by atoms with Gasteiger partial charge in [-0.15, -0.1) is 0 Å². The van der Waals surface area contributed by atoms with Crippen molar-refractivity contribution < 1.29 is 14.8 Å². The summed E-state index contributed by atoms with van der Waals surface area (Å²) in [6, 6.07) is 4.33. The number of carbonyl (C=O) groups is 1. The monoisotopic (exact) mass is 299 g/mol. The van der Waals surface area contributed by atoms with Gasteiger partial charge in [-0.1, -0.05) is 11.6 Å². The fraction of sp³-hybridized carbons (Fsp3) is 0.417. The second-order valence-corrected chi connectivity index (χ2v) is 5.39. The lowest BCUT2D eigenvalue weighted by atomic mass is 10.0. The molecule has 7 nitrogen and oxygen atoms in total. The van der Waals surface area contributed by atoms with Gasteiger partial charge in [0.15, 0.2) is 0 Å². The van der Waals surface area contributed by atoms with Gasteiger partial charge >= 0.3 is 5.97 Å². The number of nitro groups is 1. The van der Waals surface area contributed by atoms with Crippen LogP contribution in [0.15, 0.2) is 18.2 Å². The van der Waals surface area contributed by atoms with E-state index in [0.29, 0.717) is 23.6 Å². The van der Waals surface area contributed by atoms with Gasteiger partial charge in [0.2, 0.25) is 0 Å². The number of carboxylic acid groups (broad SMARTS) is 1. The molecule has 0 bridgehead atoms. The Morgan fingerprint density at radius 3 is 2.85 bits per heavy atom. The van der Waals surface area contributed by atoms with Crippen LogP contribution in [-0.4, -0.2) is 39.5 Å². The molecule has 1 unspecified atom stereocenters. The van der Waals surface area contributed by atoms with E-state index >= 15 is 0 Å². The Hall–Kier alpha value is -1.70. The van der Waals surface area contributed by atoms with E-state index < -0.39 is 16.4 Å². The van der Waals surface area contributed by atoms with E-state index in [-0.39, 0.29) is 18.8 Å². The molecule has 1 fully saturated rings. The average molecular weight is 300 g/mol. The Labute approximate surface area is 120 Å². The minimum Gasteiger partial charge on any atom is -0.480 e. The number of nitro benzene ring substituents is 1. The van der Waals surface area contributed by atoms with Crippen LogP contribution >= 0.6 is 11.6 Å². The van der Waals surface area contributed by atoms with Crippen molar-refractivity contribution in [2.75, 3.05) is 13.1 Å². The molecular weight excluding hydrogens is 286 g/mol. The molecule has 1 aromatic rings. The molecule has 1 saturated heterocycles. The van der Waals surface area contributed by atoms with Gasteiger partial charge in [0.1, 0.15) is 5.54 Å². The first-order valence-corrected chi connectivity index (χ1v) is 6.37. The molecule has 0 aromatic heterocycles. The van der Waals surface area contributed by atoms with Gasteiger partial charge in [0.25, 0.3) is 5.69 Å². The first kappa shape index (κ1) is 14.7. The van der Waals surface area contributed by atoms with E-state index in [1.807, 2.05) is 0 Å². The van der Waals surface area contributed by atoms with Crippen molar-refractivity contribution in [2.24, 2.45) is 5.73 Å². The Kier molecular flexibility index (Phi) is 3.94. The van der Waals surface area contributed by atoms with Crippen LogP contribution in [0.3, 0.4) is 0 Å². The van der Waals surface area contributed by atoms with Crippen LogP contribution in [0.2, 0.25) is 5.02 Å². The molecule has 1 aliphatic rings. The number of likely N-dealkylation sites (tertiary alicyclic amines) is 1. The van der Waals surface area contributed by atoms with Crippen LogP contribution in [-0.2, 0) is 11.3 Å². The van der Waals surface area contributed by atoms with E-state index in [1.165, 1.54) is 18.2 Å². The van der Waals surface area contributed by atoms with Gasteiger partial charge in [-0.2, -0.15) is 0 Å². The molecular formula is C12H14ClN3O4. The van der Waals surface area contributed by atoms with Gasteiger partial charge in [-0.25, -0.2) is 0 Å². The lowest BCUT2D eigenvalue weighted by Crippen LogP contribution is -2.50. The number of hydrogen-bond acceptors (Lipinski definition) is 5. The second kappa shape index (κ2) is 5.35. The molecule has 0 radical (unpaired) electrons. The number of benzene rings is 1. The van der Waals surface area contributed by atoms with E-state index in [9.17, 15) is 14.9 Å². The normalized spacial score (nSPS) is 22.9. The minimum atomic E-state index is -1.28. The summed E-state index contributed by atoms with van der Waals surface area (Å²) < 4.78 is 0. The SMILES string of the molecule is NC1(C(=O)O)CCN(Cc2cc(Cl)ccc2[N+](=O)[O-])C1. The average Bonchev–Trinajstić information content (AvgIpc) is 2.72. The summed E-state index contributed by atoms with van der Waals surface area (Å²) >= 11 is 5.85. The van der Waals surface area contributed by atoms with Crippen LogP contribution in [0.1, 0.15) is 12.0 Å². The topological polar surface area (TPSA) is 110 Å². The third-order valence-electron chi connectivity index (χ3n) is 3.44. The van der Waals surface area contributed by atoms with Crippen molar-refractivity contribution in [3.8, 4) is 0 Å². The first-order chi connectivity index (χ1) is 9.32. The third-order valence-corrected chi connectivity index (χ3v) is 3.67. The largest absolute Gasteiger partial charge is 0.480 e. The predicted molar refractivity (Wildman–Crippen MR) is 72.6 cm³/mol. The smallest absolute Gasteiger partial charge is 0.325 e. The van der Waals surface area contributed by atoms with Gasteiger partial charge in [-0.3, -0.25) is 19.8 Å². The minimum absolute atomic E-state index is 0.0285. The number of hydrogen-bond donors (Lipinski definition) is 2. The molecule has 1 aromatic carbocycles. The van der Waals surface area contributed by atoms with E-state index in [4.69, 9.17) is 22.4 Å². The molecule has 0 saturated carbocycles. The number of halogens is 1. The molecule has 1 aliphatic heterocycles. The van der Waals surface area contributed by atoms with Crippen LogP contribution in [0, 0.1) is 10.1 Å². The van der Waals surface area contributed by atoms with E-state index in [1.54, 1.807) is 4.90 Å². The summed E-state index contributed by atoms with van der Waals surface area (Å²) in [5.41, 5.74) is 4.92. The summed E-state index contributed by atoms with van der Waals surface area (Å²) in [6.45, 7) is 0.890. The molecule has 3 N–H and O–H groups in total. The van der Waals surface area contributed by atoms with Crippen LogP contribution in [0.4, 0.5) is 5.69 Å². The lowest BCUT2D eigenvalue weighted by Gasteiger charge is -2.20. The molecule has 0 amide bonds. The van der Waals surface area contributed by atoms with E-state index in [0.717, 1.165) is 0 Å². The molecule has 8 heteroatoms. The van der Waals surface area contributed by atoms with Gasteiger partial charge in [0.05, 0.1) is 4.92 Å². The predicted octanol–water partition coefficient (Wildman–Crippen LogP) is 1.24. The Morgan fingerprint density at radius 2 is 2.30 bits per heavy atom. The summed E-state index contributed by atoms with van der Waals surface area (Å²) in [5.74, 6) is -1.06. The molecule has 2 rings (SSSR count). The van der Waals surface area contributed by atoms with Gasteiger partial charge in [-0.05, 0) is 18.6 Å². The van der Waals surface area contributed by atoms with Crippen molar-refractivity contribution in [1.82, 2.24) is 4.90 Å². The van der Waals surface area contributed by atoms with Crippen LogP contribution in [0.5, 0.6) is 0 Å². The Bertz CT molecular complexity index is 566. The van der Waals surface area contributed by atoms with E-state index in [2.05, 4.69) is 0 Å². The zero-order valence-electron chi connectivity index (χ0n) is 10.6. The first-order valence-electron chi connectivity index (χ1n) is 5.99. The number of aliphatic carboxylic acids is 1. The molecule has 108 valence electrons. The second-order valence-electron chi connectivity index (χ2n) is 4.95. The molecule has 1 atom stereocenters. The number of nitrogens with zero attached hydrogens (tertiary/aromatic N) is 2. The quantitative estimate of drug-likeness (QED) is 0.639. The summed E-state index contributed by atoms with van der Waals surface area (Å²) in [7, 11) is 0. The number of carboxylic acids is 1. The Balaban J connectivity index is 2.18. The standard InChI is InChI=1S/C12H14ClN3O4/c13-9-1-2-10(16(19)20)8(5-9)6-15-4-3-12(14,7-15)11(17)18/h1-2,5H,3-4,6-7,14H2,(H,17,18). The number of nitrogens with two attached hydrogens (primary N) is 1. The van der Waals surface area contributed by atoms with Crippen LogP contribution < -0.4 is 5.73 Å². The molecule has 0 aliphatic carbocycles. The van der Waals surface area contributed by atoms with Crippen molar-refractivity contribution in [1.29, 1.82) is 0 Å². The fourth-order valence-electron chi connectivity index (χ4n) is 2.32. The van der Waals surface area contributed by atoms with Crippen molar-refractivity contribution in [3.63, 3.8) is 0 Å². The maximum Gasteiger partial charge on any atom is 0.325 e. The maximum absolute atomic E-state index is 11.1. The highest BCUT2D eigenvalue weighted by Gasteiger charge is 2.41. The highest BCUT2D eigenvalue weighted by molar-refractivity contribution is 6.30. The number of rotatable bonds is 4. The molecule has 0 spiro atoms. The maximum atomic E-state index is 11.1. The highest BCUT2D eigenvalue weighted by Crippen LogP contribution is 2.27. The zero-order chi connectivity index (χ0) is 14.9. The van der Waals surface area contributed by atoms with Crippen LogP contribution in [0.25, 0.3) is 0 Å². The summed E-state index contributed by atoms with van der Waals surface area (Å²) in [5, 5.41) is 20.4. The van der Waals surface area contributed by atoms with Crippen molar-refractivity contribution in [2.45, 2.75) is 18.5 Å². The van der Waals surface area contributed by atoms with Gasteiger partial charge < -0.3 is 10.8 Å². The fourth-order valence-corrected chi connectivity index (χ4v) is 2.52. The Morgan fingerprint density at radius 1 is 1.60 bits per heavy atom. The molecule has 1 heterocycles. The van der Waals surface area contributed by atoms with Gasteiger partial charge in [0, 0.05) is 36.3 Å². The third kappa shape index (κ3) is 2.90. The van der Waals surface area contributed by atoms with Crippen molar-refractivity contribution in [3.05, 3.63) is 38.9 Å². The van der Waals surface area contributed by atoms with Crippen molar-refractivity contribution >= 4 is 23.3 Å².